The summed E-state index contributed by atoms with van der Waals surface area (Å²) in [6, 6.07) is 0. The fraction of sp³-hybridized carbons (Fsp3) is 1.00. The minimum absolute atomic E-state index is 0. The van der Waals surface area contributed by atoms with Gasteiger partial charge in [0.25, 0.3) is 0 Å². The van der Waals surface area contributed by atoms with Gasteiger partial charge in [-0.1, -0.05) is 37.1 Å². The number of hydrogen-bond acceptors (Lipinski definition) is 0. The van der Waals surface area contributed by atoms with E-state index in [-0.39, 0.29) is 198 Å². The molecule has 0 aliphatic heterocycles. The molecule has 0 aliphatic rings. The van der Waals surface area contributed by atoms with Crippen LogP contribution in [0.1, 0.15) is 42.8 Å². The molecule has 0 rings (SSSR count). The van der Waals surface area contributed by atoms with Gasteiger partial charge in [-0.3, -0.25) is 0 Å². The number of rotatable bonds is 0. The summed E-state index contributed by atoms with van der Waals surface area (Å²) in [6.45, 7) is 0. The van der Waals surface area contributed by atoms with Gasteiger partial charge in [0.1, 0.15) is 0 Å². The van der Waals surface area contributed by atoms with Crippen LogP contribution in [0.15, 0.2) is 0 Å². The van der Waals surface area contributed by atoms with Crippen LogP contribution in [0.2, 0.25) is 0 Å². The maximum atomic E-state index is 0. The van der Waals surface area contributed by atoms with Gasteiger partial charge in [0.15, 0.2) is 0 Å². The molecule has 0 nitrogen and oxygen atoms in total. The van der Waals surface area contributed by atoms with E-state index >= 15 is 0 Å². The third-order valence-electron chi connectivity index (χ3n) is 0. The van der Waals surface area contributed by atoms with E-state index in [4.69, 9.17) is 0 Å². The molecule has 5 heteroatoms. The molecule has 0 amide bonds. The Hall–Kier alpha value is 5.02. The molecule has 0 fully saturated rings. The van der Waals surface area contributed by atoms with Crippen molar-refractivity contribution in [2.45, 2.75) is 37.1 Å². The summed E-state index contributed by atoms with van der Waals surface area (Å²) < 4.78 is 0. The monoisotopic (exact) mass is 380 g/mol. The van der Waals surface area contributed by atoms with Crippen LogP contribution in [0.25, 0.3) is 0 Å². The molecule has 1 atom stereocenters. The van der Waals surface area contributed by atoms with Crippen molar-refractivity contribution in [3.8, 4) is 0 Å². The summed E-state index contributed by atoms with van der Waals surface area (Å²) in [5.41, 5.74) is 0. The molecule has 0 heterocycles. The summed E-state index contributed by atoms with van der Waals surface area (Å²) >= 11 is 0. The molecular formula is C5H30IK2PV. The van der Waals surface area contributed by atoms with Crippen LogP contribution in [0.3, 0.4) is 0 Å². The van der Waals surface area contributed by atoms with E-state index in [2.05, 4.69) is 0 Å². The molecule has 10 heavy (non-hydrogen) atoms. The Balaban J connectivity index is 0. The Bertz CT molecular complexity index is 31.7. The molecule has 1 radical (unpaired) electrons. The number of halogens is 1. The third-order valence-corrected chi connectivity index (χ3v) is 0. The normalized spacial score (nSPS) is 0. The largest absolute Gasteiger partial charge is 1.00 e. The molecule has 69 valence electrons. The maximum Gasteiger partial charge on any atom is 1.00 e. The van der Waals surface area contributed by atoms with Gasteiger partial charge in [-0.2, -0.15) is 9.90 Å². The predicted octanol–water partition coefficient (Wildman–Crippen LogP) is -1.42. The van der Waals surface area contributed by atoms with Gasteiger partial charge >= 0.3 is 103 Å². The molecule has 0 aliphatic carbocycles. The standard InChI is InChI=1S/5CH4.HI.2K.H3P.V.2H2.2H/h5*1H4;1H;;;1H3;;2*1H;;/q;;;;;;2*+1;;;;;2*-1/i;;;;;;;;;;1+2;1+1;;. The smallest absolute Gasteiger partial charge is 1.00 e. The van der Waals surface area contributed by atoms with Crippen molar-refractivity contribution in [2.75, 3.05) is 0 Å². The second-order valence-electron chi connectivity index (χ2n) is 0. The van der Waals surface area contributed by atoms with Crippen molar-refractivity contribution >= 4 is 33.9 Å². The predicted molar refractivity (Wildman–Crippen MR) is 66.6 cm³/mol. The molecule has 0 aromatic carbocycles. The molecule has 0 N–H and O–H groups in total. The molecule has 0 bridgehead atoms. The van der Waals surface area contributed by atoms with Gasteiger partial charge in [0.2, 0.25) is 0 Å². The average molecular weight is 380 g/mol. The zero-order valence-electron chi connectivity index (χ0n) is 5.56. The van der Waals surface area contributed by atoms with Crippen LogP contribution in [0.5, 0.6) is 0 Å². The van der Waals surface area contributed by atoms with Gasteiger partial charge in [0, 0.05) is 21.4 Å². The molecule has 0 spiro atoms. The van der Waals surface area contributed by atoms with Crippen molar-refractivity contribution in [1.29, 1.82) is 0 Å². The molecule has 0 aromatic rings. The zero-order valence-corrected chi connectivity index (χ0v) is 15.0. The fourth-order valence-electron chi connectivity index (χ4n) is 0. The van der Waals surface area contributed by atoms with Gasteiger partial charge in [-0.05, 0) is 0 Å². The van der Waals surface area contributed by atoms with Crippen LogP contribution in [0, 0.1) is 0 Å². The van der Waals surface area contributed by atoms with Crippen LogP contribution in [-0.4, -0.2) is 0 Å². The summed E-state index contributed by atoms with van der Waals surface area (Å²) in [7, 11) is 0. The van der Waals surface area contributed by atoms with Crippen molar-refractivity contribution in [2.24, 2.45) is 0 Å². The SMILES string of the molecule is C.C.C.C.C.I.P.[2HH].[3HH].[H-].[H-].[K+].[K+].[V]. The molecule has 0 aromatic heterocycles. The summed E-state index contributed by atoms with van der Waals surface area (Å²) in [6.07, 6.45) is 0. The zero-order chi connectivity index (χ0) is 0. The van der Waals surface area contributed by atoms with Crippen molar-refractivity contribution in [1.82, 2.24) is 0 Å². The topological polar surface area (TPSA) is 0 Å². The van der Waals surface area contributed by atoms with Crippen LogP contribution < -0.4 is 103 Å². The second kappa shape index (κ2) is 94.4. The fourth-order valence-corrected chi connectivity index (χ4v) is 0. The van der Waals surface area contributed by atoms with E-state index in [0.29, 0.717) is 0 Å². The molecule has 0 saturated heterocycles. The summed E-state index contributed by atoms with van der Waals surface area (Å²) in [4.78, 5) is 0. The van der Waals surface area contributed by atoms with E-state index in [1.807, 2.05) is 0 Å². The van der Waals surface area contributed by atoms with E-state index in [1.54, 1.807) is 0 Å². The van der Waals surface area contributed by atoms with Crippen molar-refractivity contribution in [3.05, 3.63) is 0 Å². The summed E-state index contributed by atoms with van der Waals surface area (Å²) in [5.74, 6) is 0. The number of hydrogen-bond donors (Lipinski definition) is 0. The van der Waals surface area contributed by atoms with Crippen molar-refractivity contribution < 1.29 is 127 Å². The quantitative estimate of drug-likeness (QED) is 0.275. The van der Waals surface area contributed by atoms with E-state index in [9.17, 15) is 0 Å². The molecule has 1 unspecified atom stereocenters. The Labute approximate surface area is 193 Å². The van der Waals surface area contributed by atoms with Crippen LogP contribution in [0.4, 0.5) is 0 Å². The molecular weight excluding hydrogens is 347 g/mol. The van der Waals surface area contributed by atoms with Gasteiger partial charge < -0.3 is 2.85 Å². The van der Waals surface area contributed by atoms with Crippen LogP contribution >= 0.6 is 33.9 Å². The second-order valence-corrected chi connectivity index (χ2v) is 0. The van der Waals surface area contributed by atoms with E-state index in [1.165, 1.54) is 0 Å². The Morgan fingerprint density at radius 1 is 0.800 bits per heavy atom. The van der Waals surface area contributed by atoms with Gasteiger partial charge in [-0.15, -0.1) is 24.0 Å². The summed E-state index contributed by atoms with van der Waals surface area (Å²) in [5, 5.41) is 0. The van der Waals surface area contributed by atoms with Crippen molar-refractivity contribution in [3.63, 3.8) is 0 Å². The first-order chi connectivity index (χ1) is 0. The Kier molecular flexibility index (Phi) is 1110. The maximum absolute atomic E-state index is 0. The minimum Gasteiger partial charge on any atom is -1.00 e. The van der Waals surface area contributed by atoms with Gasteiger partial charge in [-0.25, -0.2) is 0 Å². The van der Waals surface area contributed by atoms with E-state index in [0.717, 1.165) is 0 Å². The Morgan fingerprint density at radius 2 is 0.800 bits per heavy atom. The van der Waals surface area contributed by atoms with E-state index < -0.39 is 0 Å². The Morgan fingerprint density at radius 3 is 0.800 bits per heavy atom. The van der Waals surface area contributed by atoms with Crippen LogP contribution in [-0.2, 0) is 18.6 Å². The first kappa shape index (κ1) is 117. The minimum atomic E-state index is 0. The first-order valence-corrected chi connectivity index (χ1v) is 0. The third kappa shape index (κ3) is 74.7. The van der Waals surface area contributed by atoms with Gasteiger partial charge in [0.05, 0.1) is 0 Å². The average Bonchev–Trinajstić information content (AvgIpc) is 0. The molecule has 0 saturated carbocycles. The first-order valence-electron chi connectivity index (χ1n) is 0.